The largest absolute Gasteiger partial charge is 0.460 e. The summed E-state index contributed by atoms with van der Waals surface area (Å²) in [5.41, 5.74) is 0.142. The van der Waals surface area contributed by atoms with Crippen LogP contribution in [0.1, 0.15) is 17.5 Å². The van der Waals surface area contributed by atoms with E-state index in [4.69, 9.17) is 9.26 Å². The Morgan fingerprint density at radius 2 is 2.35 bits per heavy atom. The number of nitro groups is 1. The molecule has 0 fully saturated rings. The van der Waals surface area contributed by atoms with Gasteiger partial charge in [-0.25, -0.2) is 4.79 Å². The number of rotatable bonds is 3. The van der Waals surface area contributed by atoms with E-state index in [1.165, 1.54) is 18.2 Å². The van der Waals surface area contributed by atoms with E-state index in [1.807, 2.05) is 0 Å². The number of fused-ring (bicyclic) bond motifs is 1. The highest BCUT2D eigenvalue weighted by molar-refractivity contribution is 6.01. The number of esters is 1. The summed E-state index contributed by atoms with van der Waals surface area (Å²) in [7, 11) is 0. The monoisotopic (exact) mass is 236 g/mol. The summed E-state index contributed by atoms with van der Waals surface area (Å²) in [6, 6.07) is 3.93. The van der Waals surface area contributed by atoms with Crippen LogP contribution in [0.3, 0.4) is 0 Å². The fourth-order valence-electron chi connectivity index (χ4n) is 1.39. The SMILES string of the molecule is CCOC(=O)c1onc2cc([N+](=O)[O-])ccc12. The molecule has 2 rings (SSSR count). The van der Waals surface area contributed by atoms with Gasteiger partial charge in [0.25, 0.3) is 11.4 Å². The molecule has 1 aromatic heterocycles. The van der Waals surface area contributed by atoms with Crippen molar-refractivity contribution in [3.8, 4) is 0 Å². The maximum atomic E-state index is 11.4. The van der Waals surface area contributed by atoms with Gasteiger partial charge in [-0.1, -0.05) is 5.16 Å². The molecule has 0 aliphatic heterocycles. The summed E-state index contributed by atoms with van der Waals surface area (Å²) in [5.74, 6) is -0.680. The number of ether oxygens (including phenoxy) is 1. The van der Waals surface area contributed by atoms with Crippen molar-refractivity contribution in [1.82, 2.24) is 5.16 Å². The first-order valence-corrected chi connectivity index (χ1v) is 4.84. The molecule has 0 amide bonds. The summed E-state index contributed by atoms with van der Waals surface area (Å²) in [5, 5.41) is 14.5. The molecule has 0 atom stereocenters. The predicted molar refractivity (Wildman–Crippen MR) is 56.6 cm³/mol. The van der Waals surface area contributed by atoms with Gasteiger partial charge in [0.15, 0.2) is 0 Å². The van der Waals surface area contributed by atoms with Gasteiger partial charge in [0.05, 0.1) is 16.9 Å². The van der Waals surface area contributed by atoms with Crippen LogP contribution in [0.4, 0.5) is 5.69 Å². The third-order valence-corrected chi connectivity index (χ3v) is 2.13. The van der Waals surface area contributed by atoms with E-state index in [0.717, 1.165) is 0 Å². The van der Waals surface area contributed by atoms with Gasteiger partial charge in [-0.05, 0) is 13.0 Å². The molecular weight excluding hydrogens is 228 g/mol. The molecule has 17 heavy (non-hydrogen) atoms. The van der Waals surface area contributed by atoms with Crippen LogP contribution in [-0.4, -0.2) is 22.7 Å². The van der Waals surface area contributed by atoms with E-state index in [1.54, 1.807) is 6.92 Å². The van der Waals surface area contributed by atoms with Gasteiger partial charge >= 0.3 is 5.97 Å². The van der Waals surface area contributed by atoms with E-state index in [0.29, 0.717) is 5.39 Å². The molecule has 0 spiro atoms. The van der Waals surface area contributed by atoms with E-state index in [9.17, 15) is 14.9 Å². The maximum absolute atomic E-state index is 11.4. The molecular formula is C10H8N2O5. The minimum atomic E-state index is -0.635. The highest BCUT2D eigenvalue weighted by Crippen LogP contribution is 2.23. The standard InChI is InChI=1S/C10H8N2O5/c1-2-16-10(13)9-7-4-3-6(12(14)15)5-8(7)11-17-9/h3-5H,2H2,1H3. The van der Waals surface area contributed by atoms with Crippen LogP contribution >= 0.6 is 0 Å². The van der Waals surface area contributed by atoms with Crippen LogP contribution < -0.4 is 0 Å². The van der Waals surface area contributed by atoms with Crippen LogP contribution in [0.15, 0.2) is 22.7 Å². The lowest BCUT2D eigenvalue weighted by Crippen LogP contribution is -2.03. The lowest BCUT2D eigenvalue weighted by Gasteiger charge is -1.96. The first-order valence-electron chi connectivity index (χ1n) is 4.84. The topological polar surface area (TPSA) is 95.5 Å². The van der Waals surface area contributed by atoms with Crippen molar-refractivity contribution >= 4 is 22.6 Å². The molecule has 88 valence electrons. The molecule has 1 heterocycles. The van der Waals surface area contributed by atoms with E-state index in [-0.39, 0.29) is 23.6 Å². The molecule has 0 aliphatic carbocycles. The predicted octanol–water partition coefficient (Wildman–Crippen LogP) is 1.91. The third-order valence-electron chi connectivity index (χ3n) is 2.13. The number of carbonyl (C=O) groups is 1. The first kappa shape index (κ1) is 11.1. The molecule has 0 radical (unpaired) electrons. The number of benzene rings is 1. The van der Waals surface area contributed by atoms with Gasteiger partial charge in [0.2, 0.25) is 0 Å². The van der Waals surface area contributed by atoms with Crippen LogP contribution in [-0.2, 0) is 4.74 Å². The second-order valence-electron chi connectivity index (χ2n) is 3.19. The summed E-state index contributed by atoms with van der Waals surface area (Å²) in [4.78, 5) is 21.4. The molecule has 0 aliphatic rings. The minimum Gasteiger partial charge on any atom is -0.460 e. The Hall–Kier alpha value is -2.44. The van der Waals surface area contributed by atoms with Gasteiger partial charge in [0, 0.05) is 12.1 Å². The lowest BCUT2D eigenvalue weighted by atomic mass is 10.2. The van der Waals surface area contributed by atoms with E-state index in [2.05, 4.69) is 5.16 Å². The molecule has 7 heteroatoms. The summed E-state index contributed by atoms with van der Waals surface area (Å²) in [6.07, 6.45) is 0. The van der Waals surface area contributed by atoms with Crippen molar-refractivity contribution in [3.05, 3.63) is 34.1 Å². The van der Waals surface area contributed by atoms with Crippen molar-refractivity contribution in [2.24, 2.45) is 0 Å². The molecule has 7 nitrogen and oxygen atoms in total. The zero-order valence-electron chi connectivity index (χ0n) is 8.87. The van der Waals surface area contributed by atoms with Gasteiger partial charge in [-0.15, -0.1) is 0 Å². The first-order chi connectivity index (χ1) is 8.13. The van der Waals surface area contributed by atoms with Gasteiger partial charge in [-0.2, -0.15) is 0 Å². The number of carbonyl (C=O) groups excluding carboxylic acids is 1. The van der Waals surface area contributed by atoms with Gasteiger partial charge < -0.3 is 9.26 Å². The third kappa shape index (κ3) is 1.94. The van der Waals surface area contributed by atoms with Crippen molar-refractivity contribution in [3.63, 3.8) is 0 Å². The zero-order chi connectivity index (χ0) is 12.4. The normalized spacial score (nSPS) is 10.4. The average Bonchev–Trinajstić information content (AvgIpc) is 2.71. The van der Waals surface area contributed by atoms with Crippen molar-refractivity contribution in [1.29, 1.82) is 0 Å². The summed E-state index contributed by atoms with van der Waals surface area (Å²) in [6.45, 7) is 1.88. The minimum absolute atomic E-state index is 0.0447. The van der Waals surface area contributed by atoms with E-state index >= 15 is 0 Å². The highest BCUT2D eigenvalue weighted by atomic mass is 16.6. The Morgan fingerprint density at radius 3 is 3.00 bits per heavy atom. The second-order valence-corrected chi connectivity index (χ2v) is 3.19. The summed E-state index contributed by atoms with van der Waals surface area (Å²) < 4.78 is 9.58. The van der Waals surface area contributed by atoms with Crippen molar-refractivity contribution in [2.75, 3.05) is 6.61 Å². The van der Waals surface area contributed by atoms with Crippen LogP contribution in [0.2, 0.25) is 0 Å². The molecule has 2 aromatic rings. The Balaban J connectivity index is 2.48. The molecule has 0 bridgehead atoms. The maximum Gasteiger partial charge on any atom is 0.377 e. The van der Waals surface area contributed by atoms with Crippen LogP contribution in [0.5, 0.6) is 0 Å². The molecule has 0 saturated heterocycles. The number of hydrogen-bond acceptors (Lipinski definition) is 6. The lowest BCUT2D eigenvalue weighted by molar-refractivity contribution is -0.384. The Morgan fingerprint density at radius 1 is 1.59 bits per heavy atom. The number of non-ortho nitro benzene ring substituents is 1. The average molecular weight is 236 g/mol. The van der Waals surface area contributed by atoms with Gasteiger partial charge in [-0.3, -0.25) is 10.1 Å². The van der Waals surface area contributed by atoms with E-state index < -0.39 is 10.9 Å². The number of hydrogen-bond donors (Lipinski definition) is 0. The Kier molecular flexibility index (Phi) is 2.73. The Labute approximate surface area is 95.1 Å². The second kappa shape index (κ2) is 4.20. The molecule has 0 N–H and O–H groups in total. The molecule has 0 saturated carbocycles. The quantitative estimate of drug-likeness (QED) is 0.458. The molecule has 1 aromatic carbocycles. The van der Waals surface area contributed by atoms with Crippen LogP contribution in [0.25, 0.3) is 10.9 Å². The number of nitro benzene ring substituents is 1. The molecule has 0 unspecified atom stereocenters. The van der Waals surface area contributed by atoms with Crippen molar-refractivity contribution in [2.45, 2.75) is 6.92 Å². The highest BCUT2D eigenvalue weighted by Gasteiger charge is 2.19. The fraction of sp³-hybridized carbons (Fsp3) is 0.200. The Bertz CT molecular complexity index is 589. The van der Waals surface area contributed by atoms with Gasteiger partial charge in [0.1, 0.15) is 5.52 Å². The number of aromatic nitrogens is 1. The van der Waals surface area contributed by atoms with Crippen molar-refractivity contribution < 1.29 is 19.0 Å². The van der Waals surface area contributed by atoms with Crippen LogP contribution in [0, 0.1) is 10.1 Å². The fourth-order valence-corrected chi connectivity index (χ4v) is 1.39. The smallest absolute Gasteiger partial charge is 0.377 e. The summed E-state index contributed by atoms with van der Waals surface area (Å²) >= 11 is 0. The zero-order valence-corrected chi connectivity index (χ0v) is 8.87. The number of nitrogens with zero attached hydrogens (tertiary/aromatic N) is 2.